The van der Waals surface area contributed by atoms with Gasteiger partial charge in [0.05, 0.1) is 0 Å². The van der Waals surface area contributed by atoms with Crippen LogP contribution in [0.25, 0.3) is 0 Å². The maximum atomic E-state index is 12.9. The van der Waals surface area contributed by atoms with Crippen molar-refractivity contribution in [3.8, 4) is 0 Å². The summed E-state index contributed by atoms with van der Waals surface area (Å²) in [6.07, 6.45) is 0. The summed E-state index contributed by atoms with van der Waals surface area (Å²) < 4.78 is 0. The van der Waals surface area contributed by atoms with E-state index in [0.717, 1.165) is 0 Å². The summed E-state index contributed by atoms with van der Waals surface area (Å²) in [5, 5.41) is 12.7. The van der Waals surface area contributed by atoms with Crippen LogP contribution in [0.3, 0.4) is 0 Å². The van der Waals surface area contributed by atoms with Crippen LogP contribution in [0, 0.1) is 0 Å². The van der Waals surface area contributed by atoms with Crippen LogP contribution in [0.2, 0.25) is 10.0 Å². The van der Waals surface area contributed by atoms with Crippen molar-refractivity contribution >= 4 is 29.0 Å². The number of halogens is 2. The van der Waals surface area contributed by atoms with Crippen LogP contribution in [0.5, 0.6) is 0 Å². The number of rotatable bonds is 5. The summed E-state index contributed by atoms with van der Waals surface area (Å²) in [5.74, 6) is -0.363. The predicted molar refractivity (Wildman–Crippen MR) is 105 cm³/mol. The SMILES string of the molecule is N[C@@H](C(=O)c1ccccc1)C(O)(c1ccc(Cl)cc1)c1ccc(Cl)cc1. The van der Waals surface area contributed by atoms with Crippen molar-refractivity contribution in [2.24, 2.45) is 5.73 Å². The summed E-state index contributed by atoms with van der Waals surface area (Å²) >= 11 is 11.9. The van der Waals surface area contributed by atoms with Gasteiger partial charge in [-0.05, 0) is 35.4 Å². The van der Waals surface area contributed by atoms with Crippen LogP contribution in [0.15, 0.2) is 78.9 Å². The van der Waals surface area contributed by atoms with Gasteiger partial charge in [0.2, 0.25) is 0 Å². The zero-order valence-electron chi connectivity index (χ0n) is 13.8. The Balaban J connectivity index is 2.12. The van der Waals surface area contributed by atoms with Gasteiger partial charge < -0.3 is 10.8 Å². The molecule has 3 rings (SSSR count). The second-order valence-corrected chi connectivity index (χ2v) is 6.86. The van der Waals surface area contributed by atoms with Gasteiger partial charge in [0.25, 0.3) is 0 Å². The van der Waals surface area contributed by atoms with Gasteiger partial charge in [0.1, 0.15) is 11.6 Å². The number of carbonyl (C=O) groups is 1. The number of aliphatic hydroxyl groups is 1. The second kappa shape index (κ2) is 7.60. The van der Waals surface area contributed by atoms with E-state index >= 15 is 0 Å². The second-order valence-electron chi connectivity index (χ2n) is 5.99. The van der Waals surface area contributed by atoms with E-state index in [1.54, 1.807) is 72.8 Å². The molecule has 0 aromatic heterocycles. The third kappa shape index (κ3) is 3.53. The van der Waals surface area contributed by atoms with Gasteiger partial charge in [0, 0.05) is 15.6 Å². The highest BCUT2D eigenvalue weighted by molar-refractivity contribution is 6.30. The minimum atomic E-state index is -1.73. The number of hydrogen-bond acceptors (Lipinski definition) is 3. The lowest BCUT2D eigenvalue weighted by molar-refractivity contribution is 0.0445. The fourth-order valence-corrected chi connectivity index (χ4v) is 3.16. The van der Waals surface area contributed by atoms with Gasteiger partial charge in [-0.3, -0.25) is 4.79 Å². The summed E-state index contributed by atoms with van der Waals surface area (Å²) in [5.41, 5.74) is 5.95. The zero-order chi connectivity index (χ0) is 18.7. The molecule has 0 spiro atoms. The Morgan fingerprint density at radius 1 is 0.808 bits per heavy atom. The molecule has 0 fully saturated rings. The first-order valence-electron chi connectivity index (χ1n) is 8.02. The Bertz CT molecular complexity index is 848. The van der Waals surface area contributed by atoms with Crippen molar-refractivity contribution in [3.05, 3.63) is 106 Å². The summed E-state index contributed by atoms with van der Waals surface area (Å²) in [6.45, 7) is 0. The van der Waals surface area contributed by atoms with E-state index in [4.69, 9.17) is 28.9 Å². The number of ketones is 1. The molecule has 0 aliphatic carbocycles. The van der Waals surface area contributed by atoms with Gasteiger partial charge in [-0.1, -0.05) is 77.8 Å². The zero-order valence-corrected chi connectivity index (χ0v) is 15.3. The molecular weight excluding hydrogens is 369 g/mol. The van der Waals surface area contributed by atoms with E-state index < -0.39 is 11.6 Å². The molecule has 0 aliphatic heterocycles. The molecule has 0 radical (unpaired) electrons. The molecule has 0 saturated carbocycles. The van der Waals surface area contributed by atoms with Crippen molar-refractivity contribution in [1.29, 1.82) is 0 Å². The average molecular weight is 386 g/mol. The normalized spacial score (nSPS) is 12.6. The summed E-state index contributed by atoms with van der Waals surface area (Å²) in [4.78, 5) is 12.9. The van der Waals surface area contributed by atoms with Crippen LogP contribution >= 0.6 is 23.2 Å². The molecular formula is C21H17Cl2NO2. The van der Waals surface area contributed by atoms with Crippen LogP contribution in [-0.4, -0.2) is 16.9 Å². The number of carbonyl (C=O) groups excluding carboxylic acids is 1. The molecule has 1 atom stereocenters. The highest BCUT2D eigenvalue weighted by atomic mass is 35.5. The van der Waals surface area contributed by atoms with Gasteiger partial charge in [-0.25, -0.2) is 0 Å². The van der Waals surface area contributed by atoms with Crippen molar-refractivity contribution in [2.45, 2.75) is 11.6 Å². The number of nitrogens with two attached hydrogens (primary N) is 1. The fraction of sp³-hybridized carbons (Fsp3) is 0.0952. The molecule has 26 heavy (non-hydrogen) atoms. The topological polar surface area (TPSA) is 63.3 Å². The number of hydrogen-bond donors (Lipinski definition) is 2. The van der Waals surface area contributed by atoms with E-state index in [-0.39, 0.29) is 5.78 Å². The third-order valence-electron chi connectivity index (χ3n) is 4.36. The van der Waals surface area contributed by atoms with E-state index in [9.17, 15) is 9.90 Å². The molecule has 0 saturated heterocycles. The van der Waals surface area contributed by atoms with Crippen molar-refractivity contribution < 1.29 is 9.90 Å². The minimum Gasteiger partial charge on any atom is -0.378 e. The Hall–Kier alpha value is -2.17. The van der Waals surface area contributed by atoms with Gasteiger partial charge in [-0.15, -0.1) is 0 Å². The van der Waals surface area contributed by atoms with E-state index in [1.165, 1.54) is 0 Å². The smallest absolute Gasteiger partial charge is 0.183 e. The van der Waals surface area contributed by atoms with E-state index in [2.05, 4.69) is 0 Å². The molecule has 3 N–H and O–H groups in total. The molecule has 0 bridgehead atoms. The molecule has 0 heterocycles. The lowest BCUT2D eigenvalue weighted by Crippen LogP contribution is -2.51. The predicted octanol–water partition coefficient (Wildman–Crippen LogP) is 4.44. The van der Waals surface area contributed by atoms with Gasteiger partial charge in [-0.2, -0.15) is 0 Å². The first-order chi connectivity index (χ1) is 12.4. The minimum absolute atomic E-state index is 0.363. The van der Waals surface area contributed by atoms with Crippen LogP contribution in [0.4, 0.5) is 0 Å². The monoisotopic (exact) mass is 385 g/mol. The fourth-order valence-electron chi connectivity index (χ4n) is 2.91. The first kappa shape index (κ1) is 18.6. The molecule has 0 aliphatic rings. The maximum Gasteiger partial charge on any atom is 0.183 e. The largest absolute Gasteiger partial charge is 0.378 e. The molecule has 0 unspecified atom stereocenters. The Labute approximate surface area is 162 Å². The highest BCUT2D eigenvalue weighted by Crippen LogP contribution is 2.35. The average Bonchev–Trinajstić information content (AvgIpc) is 2.68. The highest BCUT2D eigenvalue weighted by Gasteiger charge is 2.42. The molecule has 3 nitrogen and oxygen atoms in total. The summed E-state index contributed by atoms with van der Waals surface area (Å²) in [7, 11) is 0. The van der Waals surface area contributed by atoms with Crippen LogP contribution in [0.1, 0.15) is 21.5 Å². The Kier molecular flexibility index (Phi) is 5.44. The van der Waals surface area contributed by atoms with Crippen LogP contribution in [-0.2, 0) is 5.60 Å². The third-order valence-corrected chi connectivity index (χ3v) is 4.86. The van der Waals surface area contributed by atoms with Crippen molar-refractivity contribution in [3.63, 3.8) is 0 Å². The standard InChI is InChI=1S/C21H17Cl2NO2/c22-17-10-6-15(7-11-17)21(26,16-8-12-18(23)13-9-16)20(24)19(25)14-4-2-1-3-5-14/h1-13,20,26H,24H2/t20-/m0/s1. The van der Waals surface area contributed by atoms with E-state index in [0.29, 0.717) is 26.7 Å². The maximum absolute atomic E-state index is 12.9. The lowest BCUT2D eigenvalue weighted by atomic mass is 9.78. The molecule has 0 amide bonds. The van der Waals surface area contributed by atoms with Gasteiger partial charge >= 0.3 is 0 Å². The Morgan fingerprint density at radius 2 is 1.23 bits per heavy atom. The number of Topliss-reactive ketones (excluding diaryl/α,β-unsaturated/α-hetero) is 1. The molecule has 3 aromatic carbocycles. The van der Waals surface area contributed by atoms with Crippen molar-refractivity contribution in [1.82, 2.24) is 0 Å². The first-order valence-corrected chi connectivity index (χ1v) is 8.78. The molecule has 132 valence electrons. The number of benzene rings is 3. The lowest BCUT2D eigenvalue weighted by Gasteiger charge is -2.34. The summed E-state index contributed by atoms with van der Waals surface area (Å²) in [6, 6.07) is 20.7. The van der Waals surface area contributed by atoms with E-state index in [1.807, 2.05) is 6.07 Å². The molecule has 5 heteroatoms. The molecule has 3 aromatic rings. The van der Waals surface area contributed by atoms with Crippen molar-refractivity contribution in [2.75, 3.05) is 0 Å². The Morgan fingerprint density at radius 3 is 1.65 bits per heavy atom. The quantitative estimate of drug-likeness (QED) is 0.638. The van der Waals surface area contributed by atoms with Crippen LogP contribution < -0.4 is 5.73 Å². The van der Waals surface area contributed by atoms with Gasteiger partial charge in [0.15, 0.2) is 5.78 Å².